The normalized spacial score (nSPS) is 10.3. The molecular weight excluding hydrogens is 233 g/mol. The van der Waals surface area contributed by atoms with Crippen LogP contribution in [0.25, 0.3) is 0 Å². The van der Waals surface area contributed by atoms with Crippen LogP contribution in [-0.2, 0) is 6.42 Å². The van der Waals surface area contributed by atoms with E-state index in [0.29, 0.717) is 0 Å². The van der Waals surface area contributed by atoms with Crippen LogP contribution in [0.2, 0.25) is 10.2 Å². The van der Waals surface area contributed by atoms with Crippen molar-refractivity contribution in [2.24, 2.45) is 0 Å². The van der Waals surface area contributed by atoms with E-state index in [9.17, 15) is 8.78 Å². The minimum absolute atomic E-state index is 0.0434. The number of pyridine rings is 1. The van der Waals surface area contributed by atoms with Gasteiger partial charge < -0.3 is 0 Å². The van der Waals surface area contributed by atoms with Crippen molar-refractivity contribution in [2.75, 3.05) is 0 Å². The monoisotopic (exact) mass is 236 g/mol. The van der Waals surface area contributed by atoms with Crippen molar-refractivity contribution in [3.05, 3.63) is 27.5 Å². The first-order chi connectivity index (χ1) is 6.56. The first-order valence-corrected chi connectivity index (χ1v) is 4.31. The number of nitrogens with zero attached hydrogens (tertiary/aromatic N) is 2. The third-order valence-electron chi connectivity index (χ3n) is 1.52. The van der Waals surface area contributed by atoms with Gasteiger partial charge in [0, 0.05) is 10.6 Å². The fraction of sp³-hybridized carbons (Fsp3) is 0.250. The first kappa shape index (κ1) is 11.2. The minimum atomic E-state index is -2.72. The van der Waals surface area contributed by atoms with E-state index in [1.54, 1.807) is 0 Å². The van der Waals surface area contributed by atoms with E-state index in [4.69, 9.17) is 28.5 Å². The van der Waals surface area contributed by atoms with Crippen LogP contribution in [0.5, 0.6) is 0 Å². The highest BCUT2D eigenvalue weighted by atomic mass is 35.5. The smallest absolute Gasteiger partial charge is 0.235 e. The predicted octanol–water partition coefficient (Wildman–Crippen LogP) is 3.39. The van der Waals surface area contributed by atoms with Crippen LogP contribution in [0, 0.1) is 11.3 Å². The largest absolute Gasteiger partial charge is 0.280 e. The molecule has 6 heteroatoms. The average molecular weight is 237 g/mol. The van der Waals surface area contributed by atoms with Gasteiger partial charge in [-0.3, -0.25) is 0 Å². The Bertz CT molecular complexity index is 364. The molecule has 74 valence electrons. The summed E-state index contributed by atoms with van der Waals surface area (Å²) >= 11 is 11.2. The Labute approximate surface area is 89.1 Å². The molecule has 14 heavy (non-hydrogen) atoms. The van der Waals surface area contributed by atoms with Gasteiger partial charge in [0.2, 0.25) is 0 Å². The second-order valence-corrected chi connectivity index (χ2v) is 3.20. The zero-order chi connectivity index (χ0) is 10.7. The van der Waals surface area contributed by atoms with Gasteiger partial charge >= 0.3 is 0 Å². The Morgan fingerprint density at radius 3 is 2.57 bits per heavy atom. The molecule has 1 rings (SSSR count). The van der Waals surface area contributed by atoms with Crippen LogP contribution < -0.4 is 0 Å². The van der Waals surface area contributed by atoms with E-state index in [1.165, 1.54) is 0 Å². The molecule has 0 atom stereocenters. The van der Waals surface area contributed by atoms with Crippen molar-refractivity contribution in [1.29, 1.82) is 5.26 Å². The van der Waals surface area contributed by atoms with E-state index in [2.05, 4.69) is 4.98 Å². The van der Waals surface area contributed by atoms with Crippen molar-refractivity contribution in [3.63, 3.8) is 0 Å². The van der Waals surface area contributed by atoms with Crippen LogP contribution in [0.3, 0.4) is 0 Å². The summed E-state index contributed by atoms with van der Waals surface area (Å²) in [5.41, 5.74) is -0.207. The molecule has 0 saturated heterocycles. The molecule has 0 spiro atoms. The summed E-state index contributed by atoms with van der Waals surface area (Å²) < 4.78 is 24.4. The number of hydrogen-bond donors (Lipinski definition) is 0. The Morgan fingerprint density at radius 1 is 1.50 bits per heavy atom. The highest BCUT2D eigenvalue weighted by molar-refractivity contribution is 6.35. The molecule has 0 bridgehead atoms. The first-order valence-electron chi connectivity index (χ1n) is 3.56. The third kappa shape index (κ3) is 2.31. The van der Waals surface area contributed by atoms with E-state index in [-0.39, 0.29) is 22.2 Å². The lowest BCUT2D eigenvalue weighted by Gasteiger charge is -2.05. The topological polar surface area (TPSA) is 36.7 Å². The molecule has 0 aromatic carbocycles. The van der Waals surface area contributed by atoms with Crippen molar-refractivity contribution in [3.8, 4) is 6.07 Å². The molecule has 1 aromatic heterocycles. The standard InChI is InChI=1S/C8H4Cl2F2N2/c9-5-3-6(8(11)12)14-7(10)4(5)1-2-13/h3,8H,1H2. The molecule has 0 fully saturated rings. The lowest BCUT2D eigenvalue weighted by atomic mass is 10.2. The Balaban J connectivity index is 3.19. The molecule has 1 aromatic rings. The van der Waals surface area contributed by atoms with Crippen LogP contribution in [0.15, 0.2) is 6.07 Å². The van der Waals surface area contributed by atoms with E-state index in [1.807, 2.05) is 6.07 Å². The maximum atomic E-state index is 12.2. The van der Waals surface area contributed by atoms with Gasteiger partial charge in [-0.25, -0.2) is 13.8 Å². The number of rotatable bonds is 2. The van der Waals surface area contributed by atoms with Gasteiger partial charge in [-0.05, 0) is 6.07 Å². The molecule has 0 aliphatic carbocycles. The second-order valence-electron chi connectivity index (χ2n) is 2.43. The molecular formula is C8H4Cl2F2N2. The van der Waals surface area contributed by atoms with Gasteiger partial charge in [-0.2, -0.15) is 5.26 Å². The molecule has 2 nitrogen and oxygen atoms in total. The summed E-state index contributed by atoms with van der Waals surface area (Å²) in [6.07, 6.45) is -2.77. The summed E-state index contributed by atoms with van der Waals surface area (Å²) in [4.78, 5) is 3.43. The third-order valence-corrected chi connectivity index (χ3v) is 2.17. The summed E-state index contributed by atoms with van der Waals surface area (Å²) in [6, 6.07) is 2.84. The molecule has 0 aliphatic rings. The van der Waals surface area contributed by atoms with Crippen molar-refractivity contribution >= 4 is 23.2 Å². The molecule has 1 heterocycles. The van der Waals surface area contributed by atoms with Gasteiger partial charge in [0.25, 0.3) is 6.43 Å². The van der Waals surface area contributed by atoms with Crippen LogP contribution >= 0.6 is 23.2 Å². The Morgan fingerprint density at radius 2 is 2.14 bits per heavy atom. The number of hydrogen-bond acceptors (Lipinski definition) is 2. The maximum absolute atomic E-state index is 12.2. The number of halogens is 4. The molecule has 0 unspecified atom stereocenters. The fourth-order valence-electron chi connectivity index (χ4n) is 0.877. The van der Waals surface area contributed by atoms with Crippen molar-refractivity contribution < 1.29 is 8.78 Å². The van der Waals surface area contributed by atoms with Gasteiger partial charge in [0.05, 0.1) is 12.5 Å². The SMILES string of the molecule is N#CCc1c(Cl)cc(C(F)F)nc1Cl. The lowest BCUT2D eigenvalue weighted by Crippen LogP contribution is -1.96. The van der Waals surface area contributed by atoms with E-state index in [0.717, 1.165) is 6.07 Å². The van der Waals surface area contributed by atoms with Crippen LogP contribution in [0.1, 0.15) is 17.7 Å². The van der Waals surface area contributed by atoms with Crippen molar-refractivity contribution in [2.45, 2.75) is 12.8 Å². The average Bonchev–Trinajstić information content (AvgIpc) is 2.10. The van der Waals surface area contributed by atoms with Gasteiger partial charge in [-0.15, -0.1) is 0 Å². The summed E-state index contributed by atoms with van der Waals surface area (Å²) in [5, 5.41) is 8.30. The van der Waals surface area contributed by atoms with Crippen LogP contribution in [-0.4, -0.2) is 4.98 Å². The summed E-state index contributed by atoms with van der Waals surface area (Å²) in [6.45, 7) is 0. The van der Waals surface area contributed by atoms with Gasteiger partial charge in [0.15, 0.2) is 0 Å². The van der Waals surface area contributed by atoms with E-state index >= 15 is 0 Å². The number of nitriles is 1. The van der Waals surface area contributed by atoms with Crippen molar-refractivity contribution in [1.82, 2.24) is 4.98 Å². The van der Waals surface area contributed by atoms with Crippen LogP contribution in [0.4, 0.5) is 8.78 Å². The zero-order valence-electron chi connectivity index (χ0n) is 6.77. The predicted molar refractivity (Wildman–Crippen MR) is 48.5 cm³/mol. The molecule has 0 radical (unpaired) electrons. The molecule has 0 aliphatic heterocycles. The lowest BCUT2D eigenvalue weighted by molar-refractivity contribution is 0.146. The fourth-order valence-corrected chi connectivity index (χ4v) is 1.46. The highest BCUT2D eigenvalue weighted by Crippen LogP contribution is 2.28. The Hall–Kier alpha value is -0.920. The zero-order valence-corrected chi connectivity index (χ0v) is 8.28. The number of aromatic nitrogens is 1. The highest BCUT2D eigenvalue weighted by Gasteiger charge is 2.15. The minimum Gasteiger partial charge on any atom is -0.235 e. The molecule has 0 saturated carbocycles. The quantitative estimate of drug-likeness (QED) is 0.739. The Kier molecular flexibility index (Phi) is 3.62. The number of alkyl halides is 2. The second kappa shape index (κ2) is 4.54. The van der Waals surface area contributed by atoms with Gasteiger partial charge in [-0.1, -0.05) is 23.2 Å². The maximum Gasteiger partial charge on any atom is 0.280 e. The molecule has 0 N–H and O–H groups in total. The van der Waals surface area contributed by atoms with E-state index < -0.39 is 12.1 Å². The van der Waals surface area contributed by atoms with Gasteiger partial charge in [0.1, 0.15) is 10.8 Å². The summed E-state index contributed by atoms with van der Waals surface area (Å²) in [5.74, 6) is 0. The molecule has 0 amide bonds. The summed E-state index contributed by atoms with van der Waals surface area (Å²) in [7, 11) is 0.